The SMILES string of the molecule is CS(=O)(=O)N(CC(=O)N1CCN(c2ccc(F)cc2)CC1)c1ccc(F)cc1. The average Bonchev–Trinajstić information content (AvgIpc) is 2.67. The molecule has 3 rings (SSSR count). The summed E-state index contributed by atoms with van der Waals surface area (Å²) in [6.45, 7) is 1.63. The van der Waals surface area contributed by atoms with Gasteiger partial charge < -0.3 is 9.80 Å². The second-order valence-electron chi connectivity index (χ2n) is 6.59. The van der Waals surface area contributed by atoms with E-state index in [4.69, 9.17) is 0 Å². The van der Waals surface area contributed by atoms with Crippen molar-refractivity contribution in [2.24, 2.45) is 0 Å². The number of amides is 1. The van der Waals surface area contributed by atoms with Gasteiger partial charge in [0.25, 0.3) is 0 Å². The highest BCUT2D eigenvalue weighted by molar-refractivity contribution is 7.92. The summed E-state index contributed by atoms with van der Waals surface area (Å²) >= 11 is 0. The van der Waals surface area contributed by atoms with E-state index in [9.17, 15) is 22.0 Å². The number of anilines is 2. The highest BCUT2D eigenvalue weighted by Gasteiger charge is 2.26. The average molecular weight is 409 g/mol. The molecule has 1 saturated heterocycles. The zero-order valence-electron chi connectivity index (χ0n) is 15.4. The second-order valence-corrected chi connectivity index (χ2v) is 8.50. The Bertz CT molecular complexity index is 926. The molecular formula is C19H21F2N3O3S. The lowest BCUT2D eigenvalue weighted by atomic mass is 10.2. The number of benzene rings is 2. The van der Waals surface area contributed by atoms with Crippen molar-refractivity contribution in [2.75, 3.05) is 48.2 Å². The van der Waals surface area contributed by atoms with Gasteiger partial charge in [0.1, 0.15) is 18.2 Å². The Morgan fingerprint density at radius 1 is 0.929 bits per heavy atom. The van der Waals surface area contributed by atoms with Crippen LogP contribution in [0.5, 0.6) is 0 Å². The molecule has 1 fully saturated rings. The molecule has 0 radical (unpaired) electrons. The Morgan fingerprint density at radius 2 is 1.43 bits per heavy atom. The summed E-state index contributed by atoms with van der Waals surface area (Å²) in [6.07, 6.45) is 1.01. The molecule has 0 saturated carbocycles. The Labute approximate surface area is 163 Å². The molecule has 6 nitrogen and oxygen atoms in total. The largest absolute Gasteiger partial charge is 0.368 e. The molecule has 2 aromatic rings. The maximum atomic E-state index is 13.1. The highest BCUT2D eigenvalue weighted by atomic mass is 32.2. The number of carbonyl (C=O) groups excluding carboxylic acids is 1. The highest BCUT2D eigenvalue weighted by Crippen LogP contribution is 2.20. The van der Waals surface area contributed by atoms with Crippen molar-refractivity contribution < 1.29 is 22.0 Å². The predicted octanol–water partition coefficient (Wildman–Crippen LogP) is 2.08. The first kappa shape index (κ1) is 20.1. The molecule has 2 aromatic carbocycles. The van der Waals surface area contributed by atoms with Gasteiger partial charge in [0.05, 0.1) is 11.9 Å². The van der Waals surface area contributed by atoms with Crippen molar-refractivity contribution in [3.63, 3.8) is 0 Å². The Balaban J connectivity index is 1.65. The van der Waals surface area contributed by atoms with Crippen LogP contribution in [0.15, 0.2) is 48.5 Å². The molecular weight excluding hydrogens is 388 g/mol. The smallest absolute Gasteiger partial charge is 0.243 e. The van der Waals surface area contributed by atoms with Gasteiger partial charge in [0, 0.05) is 31.9 Å². The van der Waals surface area contributed by atoms with Crippen LogP contribution in [0.1, 0.15) is 0 Å². The van der Waals surface area contributed by atoms with E-state index < -0.39 is 15.8 Å². The minimum atomic E-state index is -3.70. The topological polar surface area (TPSA) is 60.9 Å². The van der Waals surface area contributed by atoms with Gasteiger partial charge in [-0.2, -0.15) is 0 Å². The van der Waals surface area contributed by atoms with Crippen LogP contribution < -0.4 is 9.21 Å². The van der Waals surface area contributed by atoms with Crippen LogP contribution in [0.25, 0.3) is 0 Å². The fraction of sp³-hybridized carbons (Fsp3) is 0.316. The molecule has 0 N–H and O–H groups in total. The van der Waals surface area contributed by atoms with Crippen molar-refractivity contribution in [1.82, 2.24) is 4.90 Å². The Morgan fingerprint density at radius 3 is 1.93 bits per heavy atom. The van der Waals surface area contributed by atoms with E-state index in [-0.39, 0.29) is 24.0 Å². The van der Waals surface area contributed by atoms with Crippen LogP contribution in [-0.4, -0.2) is 58.2 Å². The fourth-order valence-electron chi connectivity index (χ4n) is 3.10. The van der Waals surface area contributed by atoms with Crippen molar-refractivity contribution in [3.8, 4) is 0 Å². The van der Waals surface area contributed by atoms with Gasteiger partial charge in [0.15, 0.2) is 0 Å². The fourth-order valence-corrected chi connectivity index (χ4v) is 3.95. The van der Waals surface area contributed by atoms with Gasteiger partial charge in [-0.05, 0) is 48.5 Å². The standard InChI is InChI=1S/C19H21F2N3O3S/c1-28(26,27)24(18-8-4-16(21)5-9-18)14-19(25)23-12-10-22(11-13-23)17-6-2-15(20)3-7-17/h2-9H,10-14H2,1H3. The molecule has 0 aromatic heterocycles. The van der Waals surface area contributed by atoms with E-state index >= 15 is 0 Å². The molecule has 9 heteroatoms. The summed E-state index contributed by atoms with van der Waals surface area (Å²) in [7, 11) is -3.70. The molecule has 0 unspecified atom stereocenters. The lowest BCUT2D eigenvalue weighted by Crippen LogP contribution is -2.52. The molecule has 150 valence electrons. The van der Waals surface area contributed by atoms with Crippen molar-refractivity contribution in [2.45, 2.75) is 0 Å². The monoisotopic (exact) mass is 409 g/mol. The van der Waals surface area contributed by atoms with Gasteiger partial charge in [-0.3, -0.25) is 9.10 Å². The molecule has 1 aliphatic rings. The lowest BCUT2D eigenvalue weighted by Gasteiger charge is -2.37. The summed E-state index contributed by atoms with van der Waals surface area (Å²) in [5.74, 6) is -1.12. The van der Waals surface area contributed by atoms with Crippen molar-refractivity contribution in [3.05, 3.63) is 60.2 Å². The van der Waals surface area contributed by atoms with E-state index in [2.05, 4.69) is 0 Å². The number of sulfonamides is 1. The van der Waals surface area contributed by atoms with Crippen LogP contribution in [0.4, 0.5) is 20.2 Å². The zero-order valence-corrected chi connectivity index (χ0v) is 16.2. The summed E-state index contributed by atoms with van der Waals surface area (Å²) in [5, 5.41) is 0. The van der Waals surface area contributed by atoms with E-state index in [0.29, 0.717) is 26.2 Å². The quantitative estimate of drug-likeness (QED) is 0.759. The molecule has 28 heavy (non-hydrogen) atoms. The van der Waals surface area contributed by atoms with Crippen molar-refractivity contribution in [1.29, 1.82) is 0 Å². The van der Waals surface area contributed by atoms with Crippen molar-refractivity contribution >= 4 is 27.3 Å². The second kappa shape index (κ2) is 8.14. The van der Waals surface area contributed by atoms with Gasteiger partial charge in [0.2, 0.25) is 15.9 Å². The summed E-state index contributed by atoms with van der Waals surface area (Å²) in [4.78, 5) is 16.3. The first-order valence-electron chi connectivity index (χ1n) is 8.75. The van der Waals surface area contributed by atoms with E-state index in [1.165, 1.54) is 24.3 Å². The Kier molecular flexibility index (Phi) is 5.83. The van der Waals surface area contributed by atoms with Gasteiger partial charge >= 0.3 is 0 Å². The van der Waals surface area contributed by atoms with Crippen LogP contribution >= 0.6 is 0 Å². The number of hydrogen-bond acceptors (Lipinski definition) is 4. The molecule has 1 heterocycles. The minimum absolute atomic E-state index is 0.238. The Hall–Kier alpha value is -2.68. The summed E-state index contributed by atoms with van der Waals surface area (Å²) < 4.78 is 51.4. The van der Waals surface area contributed by atoms with Gasteiger partial charge in [-0.25, -0.2) is 17.2 Å². The van der Waals surface area contributed by atoms with E-state index in [1.54, 1.807) is 17.0 Å². The van der Waals surface area contributed by atoms with Crippen LogP contribution in [-0.2, 0) is 14.8 Å². The molecule has 0 spiro atoms. The molecule has 1 amide bonds. The normalized spacial score (nSPS) is 14.8. The van der Waals surface area contributed by atoms with Crippen LogP contribution in [0, 0.1) is 11.6 Å². The number of rotatable bonds is 5. The number of halogens is 2. The first-order valence-corrected chi connectivity index (χ1v) is 10.6. The van der Waals surface area contributed by atoms with E-state index in [0.717, 1.165) is 28.4 Å². The first-order chi connectivity index (χ1) is 13.2. The van der Waals surface area contributed by atoms with Gasteiger partial charge in [-0.1, -0.05) is 0 Å². The van der Waals surface area contributed by atoms with E-state index in [1.807, 2.05) is 4.90 Å². The maximum Gasteiger partial charge on any atom is 0.243 e. The molecule has 0 atom stereocenters. The number of nitrogens with zero attached hydrogens (tertiary/aromatic N) is 3. The van der Waals surface area contributed by atoms with Gasteiger partial charge in [-0.15, -0.1) is 0 Å². The molecule has 1 aliphatic heterocycles. The maximum absolute atomic E-state index is 13.1. The third kappa shape index (κ3) is 4.78. The number of piperazine rings is 1. The lowest BCUT2D eigenvalue weighted by molar-refractivity contribution is -0.129. The molecule has 0 bridgehead atoms. The van der Waals surface area contributed by atoms with Crippen LogP contribution in [0.2, 0.25) is 0 Å². The zero-order chi connectivity index (χ0) is 20.3. The summed E-state index contributed by atoms with van der Waals surface area (Å²) in [5.41, 5.74) is 1.11. The minimum Gasteiger partial charge on any atom is -0.368 e. The third-order valence-corrected chi connectivity index (χ3v) is 5.76. The van der Waals surface area contributed by atoms with Crippen LogP contribution in [0.3, 0.4) is 0 Å². The number of hydrogen-bond donors (Lipinski definition) is 0. The predicted molar refractivity (Wildman–Crippen MR) is 104 cm³/mol. The number of carbonyl (C=O) groups is 1. The molecule has 0 aliphatic carbocycles. The third-order valence-electron chi connectivity index (χ3n) is 4.62. The summed E-state index contributed by atoms with van der Waals surface area (Å²) in [6, 6.07) is 11.1.